The van der Waals surface area contributed by atoms with Gasteiger partial charge in [-0.15, -0.1) is 0 Å². The van der Waals surface area contributed by atoms with Gasteiger partial charge in [0.1, 0.15) is 11.6 Å². The molecule has 166 valence electrons. The maximum atomic E-state index is 13.4. The largest absolute Gasteiger partial charge is 0.434 e. The van der Waals surface area contributed by atoms with Crippen molar-refractivity contribution < 1.29 is 22.4 Å². The zero-order chi connectivity index (χ0) is 25.6. The van der Waals surface area contributed by atoms with E-state index in [1.54, 1.807) is 12.1 Å². The van der Waals surface area contributed by atoms with E-state index in [0.29, 0.717) is 41.7 Å². The van der Waals surface area contributed by atoms with Crippen LogP contribution < -0.4 is 4.74 Å². The highest BCUT2D eigenvalue weighted by Crippen LogP contribution is 2.49. The predicted molar refractivity (Wildman–Crippen MR) is 117 cm³/mol. The summed E-state index contributed by atoms with van der Waals surface area (Å²) in [5, 5.41) is 8.67. The van der Waals surface area contributed by atoms with Crippen LogP contribution >= 0.6 is 0 Å². The first kappa shape index (κ1) is 17.6. The number of imidazole rings is 1. The van der Waals surface area contributed by atoms with Gasteiger partial charge < -0.3 is 14.2 Å². The van der Waals surface area contributed by atoms with Gasteiger partial charge in [-0.3, -0.25) is 4.79 Å². The number of halogens is 2. The fourth-order valence-corrected chi connectivity index (χ4v) is 4.61. The lowest BCUT2D eigenvalue weighted by Crippen LogP contribution is -2.30. The van der Waals surface area contributed by atoms with Crippen LogP contribution in [0.25, 0.3) is 11.0 Å². The number of aromatic nitrogens is 2. The first-order valence-corrected chi connectivity index (χ1v) is 10.5. The number of rotatable bonds is 4. The molecule has 1 aromatic heterocycles. The second kappa shape index (κ2) is 8.22. The number of benzene rings is 2. The zero-order valence-corrected chi connectivity index (χ0v) is 17.4. The molecule has 6 nitrogen and oxygen atoms in total. The highest BCUT2D eigenvalue weighted by atomic mass is 19.3. The molecule has 2 aliphatic heterocycles. The Labute approximate surface area is 193 Å². The van der Waals surface area contributed by atoms with Crippen LogP contribution in [0.3, 0.4) is 0 Å². The maximum Gasteiger partial charge on any atom is 0.387 e. The number of carbonyl (C=O) groups is 1. The maximum absolute atomic E-state index is 13.4. The summed E-state index contributed by atoms with van der Waals surface area (Å²) >= 11 is 0. The van der Waals surface area contributed by atoms with Crippen LogP contribution in [0, 0.1) is 23.2 Å². The minimum atomic E-state index is -3.12. The molecule has 5 rings (SSSR count). The van der Waals surface area contributed by atoms with E-state index >= 15 is 0 Å². The van der Waals surface area contributed by atoms with Crippen LogP contribution in [0.4, 0.5) is 8.78 Å². The summed E-state index contributed by atoms with van der Waals surface area (Å²) in [5.74, 6) is 5.52. The Kier molecular flexibility index (Phi) is 4.39. The number of hydrogen-bond donors (Lipinski definition) is 0. The Balaban J connectivity index is 1.70. The van der Waals surface area contributed by atoms with Crippen LogP contribution in [0.15, 0.2) is 36.4 Å². The van der Waals surface area contributed by atoms with Crippen LogP contribution in [0.1, 0.15) is 69.2 Å². The molecular weight excluding hydrogens is 426 g/mol. The van der Waals surface area contributed by atoms with Crippen LogP contribution in [0.5, 0.6) is 5.75 Å². The summed E-state index contributed by atoms with van der Waals surface area (Å²) in [6.07, 6.45) is 1.82. The number of fused-ring (bicyclic) bond motifs is 9. The third kappa shape index (κ3) is 3.48. The van der Waals surface area contributed by atoms with E-state index in [9.17, 15) is 13.6 Å². The Morgan fingerprint density at radius 3 is 2.97 bits per heavy atom. The summed E-state index contributed by atoms with van der Waals surface area (Å²) in [6, 6.07) is 10.1. The lowest BCUT2D eigenvalue weighted by atomic mass is 9.97. The van der Waals surface area contributed by atoms with Gasteiger partial charge in [-0.1, -0.05) is 17.9 Å². The molecule has 1 amide bonds. The van der Waals surface area contributed by atoms with Crippen LogP contribution in [0.2, 0.25) is 0 Å². The van der Waals surface area contributed by atoms with E-state index in [4.69, 9.17) is 14.1 Å². The van der Waals surface area contributed by atoms with E-state index in [0.717, 1.165) is 4.90 Å². The Morgan fingerprint density at radius 1 is 1.30 bits per heavy atom. The van der Waals surface area contributed by atoms with Crippen molar-refractivity contribution in [2.45, 2.75) is 44.4 Å². The molecular formula is C25H20F2N4O2. The quantitative estimate of drug-likeness (QED) is 0.424. The summed E-state index contributed by atoms with van der Waals surface area (Å²) in [7, 11) is 0. The molecule has 0 radical (unpaired) electrons. The molecule has 0 unspecified atom stereocenters. The molecule has 8 heteroatoms. The SMILES string of the molecule is [2H]C([2H])([2H])N1C(=O)c2cccc(OC(F)F)c2[C@H]2C[C@@H]1c1nc3ccc(C#CCCCC#N)cc3n12. The predicted octanol–water partition coefficient (Wildman–Crippen LogP) is 4.80. The smallest absolute Gasteiger partial charge is 0.387 e. The molecule has 3 aromatic rings. The van der Waals surface area contributed by atoms with Crippen molar-refractivity contribution in [3.8, 4) is 23.7 Å². The minimum absolute atomic E-state index is 0.0118. The summed E-state index contributed by atoms with van der Waals surface area (Å²) in [4.78, 5) is 18.9. The summed E-state index contributed by atoms with van der Waals surface area (Å²) < 4.78 is 57.3. The normalized spacial score (nSPS) is 20.1. The molecule has 0 saturated carbocycles. The third-order valence-electron chi connectivity index (χ3n) is 5.97. The lowest BCUT2D eigenvalue weighted by Gasteiger charge is -2.24. The molecule has 33 heavy (non-hydrogen) atoms. The Bertz CT molecular complexity index is 1470. The standard InChI is InChI=1S/C25H20F2N4O2/c1-30-20-14-19(22-16(24(30)32)8-6-9-21(22)33-25(26)27)31-18-13-15(7-4-2-3-5-12-28)10-11-17(18)29-23(20)31/h6,8-11,13,19-20,25H,2-3,5,14H2,1H3/t19-,20-/m1/s1/i1D3. The first-order valence-electron chi connectivity index (χ1n) is 12.0. The molecule has 0 fully saturated rings. The van der Waals surface area contributed by atoms with Gasteiger partial charge in [0.05, 0.1) is 29.2 Å². The molecule has 3 heterocycles. The van der Waals surface area contributed by atoms with Gasteiger partial charge in [0.15, 0.2) is 0 Å². The van der Waals surface area contributed by atoms with E-state index in [-0.39, 0.29) is 23.3 Å². The molecule has 0 N–H and O–H groups in total. The van der Waals surface area contributed by atoms with E-state index < -0.39 is 31.6 Å². The van der Waals surface area contributed by atoms with E-state index in [2.05, 4.69) is 22.9 Å². The fourth-order valence-electron chi connectivity index (χ4n) is 4.61. The number of ether oxygens (including phenoxy) is 1. The number of amides is 1. The second-order valence-corrected chi connectivity index (χ2v) is 7.90. The number of unbranched alkanes of at least 4 members (excludes halogenated alkanes) is 2. The van der Waals surface area contributed by atoms with Crippen molar-refractivity contribution in [3.63, 3.8) is 0 Å². The summed E-state index contributed by atoms with van der Waals surface area (Å²) in [5.41, 5.74) is 2.15. The Morgan fingerprint density at radius 2 is 2.18 bits per heavy atom. The highest BCUT2D eigenvalue weighted by molar-refractivity contribution is 5.97. The zero-order valence-electron chi connectivity index (χ0n) is 20.4. The molecule has 2 aliphatic rings. The van der Waals surface area contributed by atoms with Gasteiger partial charge in [-0.25, -0.2) is 4.98 Å². The van der Waals surface area contributed by atoms with Gasteiger partial charge in [-0.2, -0.15) is 14.0 Å². The molecule has 2 aromatic carbocycles. The van der Waals surface area contributed by atoms with Gasteiger partial charge in [0.25, 0.3) is 5.91 Å². The molecule has 2 bridgehead atoms. The first-order chi connectivity index (χ1) is 17.2. The van der Waals surface area contributed by atoms with Gasteiger partial charge in [-0.05, 0) is 36.8 Å². The topological polar surface area (TPSA) is 71.2 Å². The average molecular weight is 449 g/mol. The average Bonchev–Trinajstić information content (AvgIpc) is 3.31. The monoisotopic (exact) mass is 449 g/mol. The Hall–Kier alpha value is -3.91. The van der Waals surface area contributed by atoms with E-state index in [1.165, 1.54) is 18.2 Å². The number of nitrogens with zero attached hydrogens (tertiary/aromatic N) is 4. The van der Waals surface area contributed by atoms with Crippen molar-refractivity contribution in [2.24, 2.45) is 0 Å². The molecule has 0 saturated heterocycles. The van der Waals surface area contributed by atoms with Gasteiger partial charge in [0, 0.05) is 47.0 Å². The third-order valence-corrected chi connectivity index (χ3v) is 5.97. The fraction of sp³-hybridized carbons (Fsp3) is 0.320. The number of alkyl halides is 2. The van der Waals surface area contributed by atoms with Crippen molar-refractivity contribution in [1.82, 2.24) is 14.5 Å². The highest BCUT2D eigenvalue weighted by Gasteiger charge is 2.44. The molecule has 2 atom stereocenters. The van der Waals surface area contributed by atoms with Crippen molar-refractivity contribution in [2.75, 3.05) is 6.98 Å². The van der Waals surface area contributed by atoms with Gasteiger partial charge >= 0.3 is 6.61 Å². The number of nitriles is 1. The number of hydrogen-bond acceptors (Lipinski definition) is 4. The second-order valence-electron chi connectivity index (χ2n) is 7.90. The van der Waals surface area contributed by atoms with Crippen molar-refractivity contribution in [1.29, 1.82) is 5.26 Å². The summed E-state index contributed by atoms with van der Waals surface area (Å²) in [6.45, 7) is -5.89. The number of carbonyl (C=O) groups excluding carboxylic acids is 1. The molecule has 0 aliphatic carbocycles. The lowest BCUT2D eigenvalue weighted by molar-refractivity contribution is -0.0507. The van der Waals surface area contributed by atoms with Crippen molar-refractivity contribution >= 4 is 16.9 Å². The van der Waals surface area contributed by atoms with Gasteiger partial charge in [0.2, 0.25) is 0 Å². The van der Waals surface area contributed by atoms with E-state index in [1.807, 2.05) is 10.6 Å². The van der Waals surface area contributed by atoms with Crippen LogP contribution in [-0.2, 0) is 0 Å². The minimum Gasteiger partial charge on any atom is -0.434 e. The molecule has 0 spiro atoms. The van der Waals surface area contributed by atoms with Crippen molar-refractivity contribution in [3.05, 3.63) is 58.9 Å². The van der Waals surface area contributed by atoms with Crippen LogP contribution in [-0.4, -0.2) is 33.9 Å².